The van der Waals surface area contributed by atoms with E-state index in [4.69, 9.17) is 5.73 Å². The molecule has 9 heteroatoms. The number of rotatable bonds is 3. The molecular weight excluding hydrogens is 431 g/mol. The predicted octanol–water partition coefficient (Wildman–Crippen LogP) is 4.37. The number of carbonyl (C=O) groups excluding carboxylic acids is 1. The molecule has 0 atom stereocenters. The van der Waals surface area contributed by atoms with E-state index >= 15 is 0 Å². The van der Waals surface area contributed by atoms with E-state index in [0.29, 0.717) is 24.3 Å². The number of nitrogens with two attached hydrogens (primary N) is 1. The van der Waals surface area contributed by atoms with Gasteiger partial charge in [0.25, 0.3) is 0 Å². The Kier molecular flexibility index (Phi) is 4.84. The van der Waals surface area contributed by atoms with Crippen molar-refractivity contribution in [2.75, 3.05) is 17.2 Å². The third-order valence-corrected chi connectivity index (χ3v) is 5.99. The van der Waals surface area contributed by atoms with E-state index in [-0.39, 0.29) is 12.3 Å². The lowest BCUT2D eigenvalue weighted by Crippen LogP contribution is -2.30. The Bertz CT molecular complexity index is 1390. The van der Waals surface area contributed by atoms with Crippen molar-refractivity contribution in [3.63, 3.8) is 0 Å². The average Bonchev–Trinajstić information content (AvgIpc) is 3.33. The molecule has 0 unspecified atom stereocenters. The zero-order valence-corrected chi connectivity index (χ0v) is 17.7. The number of nitrogens with zero attached hydrogens (tertiary/aromatic N) is 4. The maximum Gasteiger partial charge on any atom is 0.416 e. The van der Waals surface area contributed by atoms with E-state index in [1.165, 1.54) is 6.07 Å². The fourth-order valence-electron chi connectivity index (χ4n) is 4.40. The van der Waals surface area contributed by atoms with Crippen LogP contribution in [-0.2, 0) is 30.9 Å². The van der Waals surface area contributed by atoms with Crippen LogP contribution in [0.25, 0.3) is 22.0 Å². The number of aryl methyl sites for hydroxylation is 1. The molecule has 2 N–H and O–H groups in total. The van der Waals surface area contributed by atoms with Gasteiger partial charge in [-0.2, -0.15) is 18.3 Å². The van der Waals surface area contributed by atoms with E-state index in [1.54, 1.807) is 35.1 Å². The normalized spacial score (nSPS) is 13.5. The summed E-state index contributed by atoms with van der Waals surface area (Å²) in [6.45, 7) is 0.480. The molecule has 0 aliphatic carbocycles. The van der Waals surface area contributed by atoms with Gasteiger partial charge in [-0.15, -0.1) is 0 Å². The van der Waals surface area contributed by atoms with Crippen LogP contribution in [0.2, 0.25) is 0 Å². The Morgan fingerprint density at radius 1 is 1.15 bits per heavy atom. The van der Waals surface area contributed by atoms with Crippen LogP contribution >= 0.6 is 0 Å². The first-order chi connectivity index (χ1) is 15.7. The summed E-state index contributed by atoms with van der Waals surface area (Å²) in [5.41, 5.74) is 10.1. The minimum atomic E-state index is -4.44. The second kappa shape index (κ2) is 7.61. The van der Waals surface area contributed by atoms with Gasteiger partial charge in [0.15, 0.2) is 5.82 Å². The van der Waals surface area contributed by atoms with Gasteiger partial charge in [0.2, 0.25) is 5.91 Å². The van der Waals surface area contributed by atoms with E-state index in [1.807, 2.05) is 18.2 Å². The summed E-state index contributed by atoms with van der Waals surface area (Å²) >= 11 is 0. The maximum atomic E-state index is 13.0. The first kappa shape index (κ1) is 21.0. The summed E-state index contributed by atoms with van der Waals surface area (Å²) in [5, 5.41) is 5.10. The summed E-state index contributed by atoms with van der Waals surface area (Å²) in [6.07, 6.45) is -0.424. The van der Waals surface area contributed by atoms with E-state index < -0.39 is 11.7 Å². The summed E-state index contributed by atoms with van der Waals surface area (Å²) in [4.78, 5) is 18.9. The fraction of sp³-hybridized carbons (Fsp3) is 0.208. The quantitative estimate of drug-likeness (QED) is 0.502. The second-order valence-electron chi connectivity index (χ2n) is 8.10. The summed E-state index contributed by atoms with van der Waals surface area (Å²) in [5.74, 6) is 0.185. The predicted molar refractivity (Wildman–Crippen MR) is 120 cm³/mol. The number of benzene rings is 2. The molecule has 4 aromatic rings. The Balaban J connectivity index is 1.43. The molecule has 2 aromatic heterocycles. The number of hydrogen-bond donors (Lipinski definition) is 1. The standard InChI is InChI=1S/C24H20F3N5O/c1-31-20-13-29-12-18(22(20)23(28)30-31)15-5-6-19-16(11-15)7-8-32(19)21(33)10-14-3-2-4-17(9-14)24(25,26)27/h2-6,9,11-13H,7-8,10H2,1H3,(H2,28,30). The number of pyridine rings is 1. The molecular formula is C24H20F3N5O. The van der Waals surface area contributed by atoms with E-state index in [0.717, 1.165) is 45.4 Å². The van der Waals surface area contributed by atoms with Gasteiger partial charge >= 0.3 is 6.18 Å². The molecule has 1 aliphatic heterocycles. The first-order valence-corrected chi connectivity index (χ1v) is 10.4. The van der Waals surface area contributed by atoms with Gasteiger partial charge in [0, 0.05) is 31.0 Å². The number of anilines is 2. The minimum absolute atomic E-state index is 0.0967. The van der Waals surface area contributed by atoms with Gasteiger partial charge < -0.3 is 10.6 Å². The molecule has 168 valence electrons. The molecule has 0 saturated carbocycles. The number of aromatic nitrogens is 3. The lowest BCUT2D eigenvalue weighted by atomic mass is 10.0. The van der Waals surface area contributed by atoms with Crippen LogP contribution in [0.3, 0.4) is 0 Å². The van der Waals surface area contributed by atoms with Gasteiger partial charge in [-0.3, -0.25) is 14.5 Å². The van der Waals surface area contributed by atoms with Crippen LogP contribution in [0.15, 0.2) is 54.9 Å². The van der Waals surface area contributed by atoms with Crippen molar-refractivity contribution in [1.29, 1.82) is 0 Å². The highest BCUT2D eigenvalue weighted by atomic mass is 19.4. The molecule has 0 saturated heterocycles. The van der Waals surface area contributed by atoms with Crippen LogP contribution in [0.4, 0.5) is 24.7 Å². The lowest BCUT2D eigenvalue weighted by Gasteiger charge is -2.18. The average molecular weight is 451 g/mol. The van der Waals surface area contributed by atoms with Crippen molar-refractivity contribution >= 4 is 28.3 Å². The van der Waals surface area contributed by atoms with Crippen LogP contribution < -0.4 is 10.6 Å². The van der Waals surface area contributed by atoms with Crippen molar-refractivity contribution in [3.8, 4) is 11.1 Å². The van der Waals surface area contributed by atoms with Gasteiger partial charge in [0.05, 0.1) is 29.1 Å². The van der Waals surface area contributed by atoms with Gasteiger partial charge in [-0.1, -0.05) is 24.3 Å². The molecule has 0 radical (unpaired) electrons. The number of carbonyl (C=O) groups is 1. The monoisotopic (exact) mass is 451 g/mol. The van der Waals surface area contributed by atoms with Crippen molar-refractivity contribution < 1.29 is 18.0 Å². The number of amides is 1. The lowest BCUT2D eigenvalue weighted by molar-refractivity contribution is -0.137. The highest BCUT2D eigenvalue weighted by molar-refractivity contribution is 6.02. The zero-order chi connectivity index (χ0) is 23.3. The van der Waals surface area contributed by atoms with Crippen LogP contribution in [0.5, 0.6) is 0 Å². The smallest absolute Gasteiger partial charge is 0.382 e. The number of alkyl halides is 3. The van der Waals surface area contributed by atoms with Crippen molar-refractivity contribution in [2.24, 2.45) is 7.05 Å². The van der Waals surface area contributed by atoms with Crippen LogP contribution in [-0.4, -0.2) is 27.2 Å². The first-order valence-electron chi connectivity index (χ1n) is 10.4. The molecule has 1 amide bonds. The van der Waals surface area contributed by atoms with Crippen molar-refractivity contribution in [2.45, 2.75) is 19.0 Å². The third-order valence-electron chi connectivity index (χ3n) is 5.99. The highest BCUT2D eigenvalue weighted by Gasteiger charge is 2.31. The zero-order valence-electron chi connectivity index (χ0n) is 17.7. The van der Waals surface area contributed by atoms with E-state index in [9.17, 15) is 18.0 Å². The molecule has 33 heavy (non-hydrogen) atoms. The molecule has 3 heterocycles. The molecule has 1 aliphatic rings. The maximum absolute atomic E-state index is 13.0. The van der Waals surface area contributed by atoms with Crippen LogP contribution in [0, 0.1) is 0 Å². The molecule has 0 fully saturated rings. The Morgan fingerprint density at radius 3 is 2.76 bits per heavy atom. The van der Waals surface area contributed by atoms with Crippen molar-refractivity contribution in [1.82, 2.24) is 14.8 Å². The van der Waals surface area contributed by atoms with Crippen molar-refractivity contribution in [3.05, 3.63) is 71.5 Å². The highest BCUT2D eigenvalue weighted by Crippen LogP contribution is 2.36. The van der Waals surface area contributed by atoms with Gasteiger partial charge in [-0.25, -0.2) is 0 Å². The van der Waals surface area contributed by atoms with Crippen LogP contribution in [0.1, 0.15) is 16.7 Å². The number of nitrogen functional groups attached to an aromatic ring is 1. The van der Waals surface area contributed by atoms with E-state index in [2.05, 4.69) is 10.1 Å². The minimum Gasteiger partial charge on any atom is -0.382 e. The third kappa shape index (κ3) is 3.69. The molecule has 0 bridgehead atoms. The summed E-state index contributed by atoms with van der Waals surface area (Å²) < 4.78 is 40.7. The Labute approximate surface area is 187 Å². The summed E-state index contributed by atoms with van der Waals surface area (Å²) in [7, 11) is 1.81. The molecule has 6 nitrogen and oxygen atoms in total. The number of halogens is 3. The number of hydrogen-bond acceptors (Lipinski definition) is 4. The second-order valence-corrected chi connectivity index (χ2v) is 8.10. The topological polar surface area (TPSA) is 77.0 Å². The summed E-state index contributed by atoms with van der Waals surface area (Å²) in [6, 6.07) is 10.7. The largest absolute Gasteiger partial charge is 0.416 e. The Hall–Kier alpha value is -3.88. The fourth-order valence-corrected chi connectivity index (χ4v) is 4.40. The molecule has 2 aromatic carbocycles. The SMILES string of the molecule is Cn1nc(N)c2c(-c3ccc4c(c3)CCN4C(=O)Cc3cccc(C(F)(F)F)c3)cncc21. The van der Waals surface area contributed by atoms with Gasteiger partial charge in [-0.05, 0) is 41.3 Å². The Morgan fingerprint density at radius 2 is 1.97 bits per heavy atom. The van der Waals surface area contributed by atoms with Gasteiger partial charge in [0.1, 0.15) is 0 Å². The number of fused-ring (bicyclic) bond motifs is 2. The molecule has 0 spiro atoms. The molecule has 5 rings (SSSR count).